The Bertz CT molecular complexity index is 960. The van der Waals surface area contributed by atoms with E-state index in [1.807, 2.05) is 0 Å². The van der Waals surface area contributed by atoms with Gasteiger partial charge in [0.15, 0.2) is 11.5 Å². The summed E-state index contributed by atoms with van der Waals surface area (Å²) < 4.78 is 79.8. The van der Waals surface area contributed by atoms with Gasteiger partial charge in [-0.2, -0.15) is 21.6 Å². The number of methoxy groups -OCH3 is 2. The summed E-state index contributed by atoms with van der Waals surface area (Å²) in [6.45, 7) is -0.121. The number of hydrogen-bond acceptors (Lipinski definition) is 8. The summed E-state index contributed by atoms with van der Waals surface area (Å²) in [5, 5.41) is 0. The maximum atomic E-state index is 12.7. The number of pyridine rings is 1. The van der Waals surface area contributed by atoms with Gasteiger partial charge < -0.3 is 18.4 Å². The zero-order valence-electron chi connectivity index (χ0n) is 15.2. The number of hydrogen-bond donors (Lipinski definition) is 0. The van der Waals surface area contributed by atoms with E-state index in [9.17, 15) is 26.4 Å². The van der Waals surface area contributed by atoms with Crippen LogP contribution < -0.4 is 13.7 Å². The summed E-state index contributed by atoms with van der Waals surface area (Å²) in [5.41, 5.74) is -5.10. The molecule has 0 bridgehead atoms. The van der Waals surface area contributed by atoms with E-state index >= 15 is 0 Å². The molecular formula is C17H16F3NO7S. The predicted molar refractivity (Wildman–Crippen MR) is 92.9 cm³/mol. The Balaban J connectivity index is 2.29. The van der Waals surface area contributed by atoms with E-state index in [1.54, 1.807) is 24.3 Å². The number of rotatable bonds is 8. The first-order valence-electron chi connectivity index (χ1n) is 7.88. The number of carbonyl (C=O) groups is 1. The lowest BCUT2D eigenvalue weighted by Crippen LogP contribution is -2.28. The van der Waals surface area contributed by atoms with Crippen molar-refractivity contribution >= 4 is 16.1 Å². The fraction of sp³-hybridized carbons (Fsp3) is 0.294. The maximum Gasteiger partial charge on any atom is 0.534 e. The molecule has 1 aromatic heterocycles. The SMILES string of the molecule is COC(=O)Cc1cc(OS(=O)(=O)C(F)(F)F)c(OCc2ccc(OC)cc2)cn1. The Labute approximate surface area is 164 Å². The third-order valence-corrected chi connectivity index (χ3v) is 4.44. The highest BCUT2D eigenvalue weighted by Gasteiger charge is 2.49. The van der Waals surface area contributed by atoms with E-state index in [0.29, 0.717) is 11.3 Å². The average Bonchev–Trinajstić information content (AvgIpc) is 2.66. The van der Waals surface area contributed by atoms with E-state index in [2.05, 4.69) is 13.9 Å². The standard InChI is InChI=1S/C17H16F3NO7S/c1-25-13-5-3-11(4-6-13)10-27-15-9-21-12(8-16(22)26-2)7-14(15)28-29(23,24)17(18,19)20/h3-7,9H,8,10H2,1-2H3. The molecule has 0 aliphatic rings. The van der Waals surface area contributed by atoms with Crippen molar-refractivity contribution in [3.05, 3.63) is 47.8 Å². The number of benzene rings is 1. The van der Waals surface area contributed by atoms with Crippen molar-refractivity contribution in [1.29, 1.82) is 0 Å². The van der Waals surface area contributed by atoms with Gasteiger partial charge >= 0.3 is 21.6 Å². The molecule has 0 aliphatic carbocycles. The molecular weight excluding hydrogens is 419 g/mol. The lowest BCUT2D eigenvalue weighted by molar-refractivity contribution is -0.139. The van der Waals surface area contributed by atoms with Crippen LogP contribution in [0.3, 0.4) is 0 Å². The molecule has 12 heteroatoms. The molecule has 8 nitrogen and oxygen atoms in total. The van der Waals surface area contributed by atoms with Crippen LogP contribution >= 0.6 is 0 Å². The monoisotopic (exact) mass is 435 g/mol. The number of alkyl halides is 3. The molecule has 0 N–H and O–H groups in total. The summed E-state index contributed by atoms with van der Waals surface area (Å²) in [6, 6.07) is 7.43. The number of ether oxygens (including phenoxy) is 3. The van der Waals surface area contributed by atoms with Crippen molar-refractivity contribution in [2.24, 2.45) is 0 Å². The van der Waals surface area contributed by atoms with E-state index in [-0.39, 0.29) is 18.1 Å². The van der Waals surface area contributed by atoms with Crippen molar-refractivity contribution in [3.63, 3.8) is 0 Å². The molecule has 0 atom stereocenters. The van der Waals surface area contributed by atoms with Crippen LogP contribution in [-0.2, 0) is 32.7 Å². The molecule has 2 rings (SSSR count). The first-order chi connectivity index (χ1) is 13.6. The number of aromatic nitrogens is 1. The van der Waals surface area contributed by atoms with Gasteiger partial charge in [-0.05, 0) is 17.7 Å². The van der Waals surface area contributed by atoms with Crippen molar-refractivity contribution < 1.29 is 44.8 Å². The first-order valence-corrected chi connectivity index (χ1v) is 9.28. The highest BCUT2D eigenvalue weighted by atomic mass is 32.2. The highest BCUT2D eigenvalue weighted by molar-refractivity contribution is 7.88. The second-order valence-corrected chi connectivity index (χ2v) is 7.03. The summed E-state index contributed by atoms with van der Waals surface area (Å²) in [5.74, 6) is -1.26. The van der Waals surface area contributed by atoms with Crippen LogP contribution in [0.25, 0.3) is 0 Å². The molecule has 1 heterocycles. The third-order valence-electron chi connectivity index (χ3n) is 3.48. The van der Waals surface area contributed by atoms with Crippen molar-refractivity contribution in [1.82, 2.24) is 4.98 Å². The lowest BCUT2D eigenvalue weighted by atomic mass is 10.2. The lowest BCUT2D eigenvalue weighted by Gasteiger charge is -2.14. The average molecular weight is 435 g/mol. The third kappa shape index (κ3) is 5.98. The van der Waals surface area contributed by atoms with Crippen molar-refractivity contribution in [2.75, 3.05) is 14.2 Å². The molecule has 0 radical (unpaired) electrons. The second-order valence-electron chi connectivity index (χ2n) is 5.50. The van der Waals surface area contributed by atoms with Crippen molar-refractivity contribution in [2.45, 2.75) is 18.5 Å². The number of esters is 1. The van der Waals surface area contributed by atoms with Crippen LogP contribution in [0.4, 0.5) is 13.2 Å². The molecule has 0 saturated carbocycles. The predicted octanol–water partition coefficient (Wildman–Crippen LogP) is 2.61. The molecule has 29 heavy (non-hydrogen) atoms. The van der Waals surface area contributed by atoms with Crippen LogP contribution in [0.5, 0.6) is 17.2 Å². The van der Waals surface area contributed by atoms with Gasteiger partial charge in [0.25, 0.3) is 0 Å². The quantitative estimate of drug-likeness (QED) is 0.354. The fourth-order valence-electron chi connectivity index (χ4n) is 2.00. The molecule has 0 amide bonds. The second kappa shape index (κ2) is 8.99. The van der Waals surface area contributed by atoms with Gasteiger partial charge in [0.1, 0.15) is 12.4 Å². The highest BCUT2D eigenvalue weighted by Crippen LogP contribution is 2.33. The molecule has 2 aromatic rings. The Hall–Kier alpha value is -3.02. The minimum Gasteiger partial charge on any atom is -0.497 e. The Kier molecular flexibility index (Phi) is 6.90. The van der Waals surface area contributed by atoms with Gasteiger partial charge in [0.05, 0.1) is 32.5 Å². The zero-order chi connectivity index (χ0) is 21.7. The van der Waals surface area contributed by atoms with Gasteiger partial charge in [0.2, 0.25) is 0 Å². The number of nitrogens with zero attached hydrogens (tertiary/aromatic N) is 1. The summed E-state index contributed by atoms with van der Waals surface area (Å²) in [7, 11) is -3.36. The minimum absolute atomic E-state index is 0.0685. The molecule has 0 fully saturated rings. The van der Waals surface area contributed by atoms with Gasteiger partial charge in [-0.1, -0.05) is 12.1 Å². The Morgan fingerprint density at radius 2 is 1.76 bits per heavy atom. The van der Waals surface area contributed by atoms with E-state index in [1.165, 1.54) is 7.11 Å². The van der Waals surface area contributed by atoms with Crippen LogP contribution in [0.1, 0.15) is 11.3 Å². The van der Waals surface area contributed by atoms with Gasteiger partial charge in [-0.15, -0.1) is 0 Å². The van der Waals surface area contributed by atoms with Gasteiger partial charge in [-0.25, -0.2) is 0 Å². The van der Waals surface area contributed by atoms with E-state index < -0.39 is 33.8 Å². The minimum atomic E-state index is -5.96. The maximum absolute atomic E-state index is 12.7. The topological polar surface area (TPSA) is 101 Å². The van der Waals surface area contributed by atoms with Crippen LogP contribution in [-0.4, -0.2) is 39.1 Å². The molecule has 158 valence electrons. The smallest absolute Gasteiger partial charge is 0.497 e. The van der Waals surface area contributed by atoms with Crippen LogP contribution in [0.2, 0.25) is 0 Å². The Morgan fingerprint density at radius 3 is 2.31 bits per heavy atom. The van der Waals surface area contributed by atoms with Gasteiger partial charge in [0, 0.05) is 6.07 Å². The zero-order valence-corrected chi connectivity index (χ0v) is 16.0. The van der Waals surface area contributed by atoms with Crippen LogP contribution in [0, 0.1) is 0 Å². The molecule has 0 unspecified atom stereocenters. The van der Waals surface area contributed by atoms with Crippen LogP contribution in [0.15, 0.2) is 36.5 Å². The van der Waals surface area contributed by atoms with Crippen molar-refractivity contribution in [3.8, 4) is 17.2 Å². The first kappa shape index (κ1) is 22.3. The fourth-order valence-corrected chi connectivity index (χ4v) is 2.46. The molecule has 0 saturated heterocycles. The number of halogens is 3. The molecule has 0 spiro atoms. The summed E-state index contributed by atoms with van der Waals surface area (Å²) >= 11 is 0. The number of carbonyl (C=O) groups excluding carboxylic acids is 1. The molecule has 1 aromatic carbocycles. The summed E-state index contributed by atoms with van der Waals surface area (Å²) in [6.07, 6.45) is 0.556. The van der Waals surface area contributed by atoms with Gasteiger partial charge in [-0.3, -0.25) is 9.78 Å². The van der Waals surface area contributed by atoms with E-state index in [4.69, 9.17) is 9.47 Å². The Morgan fingerprint density at radius 1 is 1.10 bits per heavy atom. The normalized spacial score (nSPS) is 11.6. The largest absolute Gasteiger partial charge is 0.534 e. The molecule has 0 aliphatic heterocycles. The van der Waals surface area contributed by atoms with E-state index in [0.717, 1.165) is 19.4 Å². The summed E-state index contributed by atoms with van der Waals surface area (Å²) in [4.78, 5) is 15.2.